The van der Waals surface area contributed by atoms with Gasteiger partial charge in [-0.15, -0.1) is 11.8 Å². The van der Waals surface area contributed by atoms with Gasteiger partial charge in [-0.05, 0) is 57.2 Å². The van der Waals surface area contributed by atoms with Crippen molar-refractivity contribution in [3.8, 4) is 0 Å². The second-order valence-corrected chi connectivity index (χ2v) is 9.19. The molecule has 7 heteroatoms. The zero-order valence-corrected chi connectivity index (χ0v) is 18.7. The van der Waals surface area contributed by atoms with Crippen LogP contribution in [0.15, 0.2) is 29.2 Å². The van der Waals surface area contributed by atoms with Gasteiger partial charge in [-0.2, -0.15) is 0 Å². The Labute approximate surface area is 178 Å². The van der Waals surface area contributed by atoms with E-state index in [1.54, 1.807) is 18.9 Å². The zero-order chi connectivity index (χ0) is 21.0. The maximum atomic E-state index is 12.7. The van der Waals surface area contributed by atoms with E-state index in [-0.39, 0.29) is 30.8 Å². The molecule has 0 spiro atoms. The molecule has 1 heterocycles. The van der Waals surface area contributed by atoms with E-state index in [1.165, 1.54) is 0 Å². The number of nitrogens with zero attached hydrogens (tertiary/aromatic N) is 2. The van der Waals surface area contributed by atoms with Crippen molar-refractivity contribution in [3.05, 3.63) is 24.3 Å². The highest BCUT2D eigenvalue weighted by molar-refractivity contribution is 7.98. The highest BCUT2D eigenvalue weighted by atomic mass is 32.2. The molecule has 0 aromatic heterocycles. The van der Waals surface area contributed by atoms with Crippen LogP contribution < -0.4 is 5.32 Å². The van der Waals surface area contributed by atoms with Gasteiger partial charge in [0, 0.05) is 44.0 Å². The molecule has 6 nitrogen and oxygen atoms in total. The van der Waals surface area contributed by atoms with E-state index in [0.717, 1.165) is 36.5 Å². The molecule has 1 saturated carbocycles. The minimum absolute atomic E-state index is 0.0862. The molecule has 29 heavy (non-hydrogen) atoms. The fourth-order valence-electron chi connectivity index (χ4n) is 4.73. The van der Waals surface area contributed by atoms with Crippen LogP contribution in [0.4, 0.5) is 5.69 Å². The smallest absolute Gasteiger partial charge is 0.224 e. The second kappa shape index (κ2) is 9.96. The van der Waals surface area contributed by atoms with Crippen LogP contribution in [-0.2, 0) is 14.3 Å². The second-order valence-electron chi connectivity index (χ2n) is 8.34. The molecular formula is C22H33N3O3S. The quantitative estimate of drug-likeness (QED) is 0.689. The fraction of sp³-hybridized carbons (Fsp3) is 0.636. The van der Waals surface area contributed by atoms with Crippen molar-refractivity contribution < 1.29 is 14.3 Å². The molecule has 1 aliphatic heterocycles. The van der Waals surface area contributed by atoms with Crippen molar-refractivity contribution >= 4 is 29.3 Å². The highest BCUT2D eigenvalue weighted by Crippen LogP contribution is 2.39. The third-order valence-corrected chi connectivity index (χ3v) is 7.15. The Morgan fingerprint density at radius 3 is 2.52 bits per heavy atom. The first-order valence-electron chi connectivity index (χ1n) is 10.3. The van der Waals surface area contributed by atoms with Crippen LogP contribution in [0.3, 0.4) is 0 Å². The van der Waals surface area contributed by atoms with Crippen molar-refractivity contribution in [2.45, 2.75) is 42.7 Å². The Balaban J connectivity index is 1.50. The summed E-state index contributed by atoms with van der Waals surface area (Å²) in [5.41, 5.74) is 0.810. The van der Waals surface area contributed by atoms with E-state index in [9.17, 15) is 9.59 Å². The van der Waals surface area contributed by atoms with Crippen molar-refractivity contribution in [2.24, 2.45) is 11.8 Å². The molecule has 4 atom stereocenters. The molecule has 1 aromatic rings. The lowest BCUT2D eigenvalue weighted by Crippen LogP contribution is -2.47. The van der Waals surface area contributed by atoms with Gasteiger partial charge in [-0.25, -0.2) is 0 Å². The maximum absolute atomic E-state index is 12.7. The number of rotatable bonds is 7. The number of benzene rings is 1. The Bertz CT molecular complexity index is 727. The normalized spacial score (nSPS) is 26.4. The van der Waals surface area contributed by atoms with Crippen molar-refractivity contribution in [1.82, 2.24) is 9.80 Å². The lowest BCUT2D eigenvalue weighted by molar-refractivity contribution is -0.132. The number of anilines is 1. The summed E-state index contributed by atoms with van der Waals surface area (Å²) >= 11 is 1.59. The Hall–Kier alpha value is -1.57. The summed E-state index contributed by atoms with van der Waals surface area (Å²) < 4.78 is 5.72. The van der Waals surface area contributed by atoms with Crippen LogP contribution in [0.2, 0.25) is 0 Å². The minimum atomic E-state index is -0.108. The lowest BCUT2D eigenvalue weighted by Gasteiger charge is -2.40. The predicted octanol–water partition coefficient (Wildman–Crippen LogP) is 2.94. The molecule has 1 N–H and O–H groups in total. The number of nitrogens with one attached hydrogen (secondary N) is 1. The predicted molar refractivity (Wildman–Crippen MR) is 117 cm³/mol. The minimum Gasteiger partial charge on any atom is -0.380 e. The van der Waals surface area contributed by atoms with Crippen LogP contribution in [0.1, 0.15) is 25.7 Å². The third-order valence-electron chi connectivity index (χ3n) is 6.35. The molecule has 2 aliphatic rings. The van der Waals surface area contributed by atoms with Crippen LogP contribution in [0, 0.1) is 11.8 Å². The average molecular weight is 420 g/mol. The van der Waals surface area contributed by atoms with Crippen LogP contribution in [-0.4, -0.2) is 74.3 Å². The number of ether oxygens (including phenoxy) is 1. The first-order chi connectivity index (χ1) is 13.9. The summed E-state index contributed by atoms with van der Waals surface area (Å²) in [7, 11) is 5.98. The lowest BCUT2D eigenvalue weighted by atomic mass is 9.77. The van der Waals surface area contributed by atoms with E-state index < -0.39 is 0 Å². The number of likely N-dealkylation sites (N-methyl/N-ethyl adjacent to an activating group) is 1. The summed E-state index contributed by atoms with van der Waals surface area (Å²) in [6, 6.07) is 8.13. The Kier molecular flexibility index (Phi) is 7.60. The highest BCUT2D eigenvalue weighted by Gasteiger charge is 2.44. The van der Waals surface area contributed by atoms with Gasteiger partial charge >= 0.3 is 0 Å². The van der Waals surface area contributed by atoms with Gasteiger partial charge in [-0.3, -0.25) is 9.59 Å². The maximum Gasteiger partial charge on any atom is 0.224 e. The van der Waals surface area contributed by atoms with Gasteiger partial charge in [0.15, 0.2) is 0 Å². The number of hydrogen-bond acceptors (Lipinski definition) is 5. The first kappa shape index (κ1) is 22.1. The number of fused-ring (bicyclic) bond motifs is 1. The largest absolute Gasteiger partial charge is 0.380 e. The number of para-hydroxylation sites is 1. The summed E-state index contributed by atoms with van der Waals surface area (Å²) in [6.07, 6.45) is 4.75. The number of likely N-dealkylation sites (tertiary alicyclic amines) is 1. The van der Waals surface area contributed by atoms with E-state index in [1.807, 2.05) is 35.4 Å². The summed E-state index contributed by atoms with van der Waals surface area (Å²) in [5, 5.41) is 2.94. The number of thioether (sulfide) groups is 1. The molecule has 160 valence electrons. The van der Waals surface area contributed by atoms with Crippen LogP contribution >= 0.6 is 11.8 Å². The van der Waals surface area contributed by atoms with Gasteiger partial charge in [0.1, 0.15) is 0 Å². The average Bonchev–Trinajstić information content (AvgIpc) is 3.14. The molecule has 2 fully saturated rings. The number of hydrogen-bond donors (Lipinski definition) is 1. The SMILES string of the molecule is CO[C@@H]1C[C@H]2CN(C(=O)CCC(=O)Nc3ccccc3SC)C[C@H]2C[C@H]1N(C)C. The van der Waals surface area contributed by atoms with Gasteiger partial charge in [0.05, 0.1) is 11.8 Å². The zero-order valence-electron chi connectivity index (χ0n) is 17.9. The molecule has 2 amide bonds. The van der Waals surface area contributed by atoms with Gasteiger partial charge in [0.2, 0.25) is 11.8 Å². The Morgan fingerprint density at radius 2 is 1.86 bits per heavy atom. The number of methoxy groups -OCH3 is 1. The van der Waals surface area contributed by atoms with Crippen LogP contribution in [0.5, 0.6) is 0 Å². The number of carbonyl (C=O) groups is 2. The first-order valence-corrected chi connectivity index (χ1v) is 11.5. The molecule has 1 aliphatic carbocycles. The Morgan fingerprint density at radius 1 is 1.17 bits per heavy atom. The van der Waals surface area contributed by atoms with Gasteiger partial charge in [-0.1, -0.05) is 12.1 Å². The van der Waals surface area contributed by atoms with E-state index in [2.05, 4.69) is 24.3 Å². The van der Waals surface area contributed by atoms with Crippen molar-refractivity contribution in [3.63, 3.8) is 0 Å². The topological polar surface area (TPSA) is 61.9 Å². The monoisotopic (exact) mass is 419 g/mol. The van der Waals surface area contributed by atoms with Crippen molar-refractivity contribution in [2.75, 3.05) is 45.9 Å². The third kappa shape index (κ3) is 5.32. The standard InChI is InChI=1S/C22H33N3O3S/c1-24(2)18-11-15-13-25(14-16(15)12-19(18)28-3)22(27)10-9-21(26)23-17-7-5-6-8-20(17)29-4/h5-8,15-16,18-19H,9-14H2,1-4H3,(H,23,26)/t15-,16+,18-,19-/m1/s1. The molecule has 0 bridgehead atoms. The summed E-state index contributed by atoms with van der Waals surface area (Å²) in [4.78, 5) is 30.3. The fourth-order valence-corrected chi connectivity index (χ4v) is 5.28. The van der Waals surface area contributed by atoms with E-state index in [4.69, 9.17) is 4.74 Å². The number of amides is 2. The molecule has 0 radical (unpaired) electrons. The van der Waals surface area contributed by atoms with E-state index in [0.29, 0.717) is 17.9 Å². The molecule has 1 aromatic carbocycles. The molecular weight excluding hydrogens is 386 g/mol. The van der Waals surface area contributed by atoms with Gasteiger partial charge in [0.25, 0.3) is 0 Å². The molecule has 0 unspecified atom stereocenters. The van der Waals surface area contributed by atoms with Crippen molar-refractivity contribution in [1.29, 1.82) is 0 Å². The number of carbonyl (C=O) groups excluding carboxylic acids is 2. The summed E-state index contributed by atoms with van der Waals surface area (Å²) in [5.74, 6) is 1.01. The molecule has 1 saturated heterocycles. The summed E-state index contributed by atoms with van der Waals surface area (Å²) in [6.45, 7) is 1.60. The van der Waals surface area contributed by atoms with E-state index >= 15 is 0 Å². The molecule has 3 rings (SSSR count). The van der Waals surface area contributed by atoms with Gasteiger partial charge < -0.3 is 19.9 Å². The van der Waals surface area contributed by atoms with Crippen LogP contribution in [0.25, 0.3) is 0 Å².